The van der Waals surface area contributed by atoms with Gasteiger partial charge in [-0.1, -0.05) is 60.7 Å². The Kier molecular flexibility index (Phi) is 5.09. The van der Waals surface area contributed by atoms with Gasteiger partial charge in [0.05, 0.1) is 0 Å². The Labute approximate surface area is 136 Å². The summed E-state index contributed by atoms with van der Waals surface area (Å²) in [4.78, 5) is 11.8. The molecule has 3 rings (SSSR count). The minimum Gasteiger partial charge on any atom is -0.431 e. The predicted molar refractivity (Wildman–Crippen MR) is 90.2 cm³/mol. The molecule has 0 bridgehead atoms. The maximum atomic E-state index is 11.8. The van der Waals surface area contributed by atoms with Crippen LogP contribution in [0.4, 0.5) is 4.79 Å². The van der Waals surface area contributed by atoms with Crippen molar-refractivity contribution >= 4 is 12.2 Å². The topological polar surface area (TPSA) is 35.5 Å². The van der Waals surface area contributed by atoms with E-state index >= 15 is 0 Å². The summed E-state index contributed by atoms with van der Waals surface area (Å²) in [5, 5.41) is 0. The maximum Gasteiger partial charge on any atom is 0.508 e. The summed E-state index contributed by atoms with van der Waals surface area (Å²) in [6, 6.07) is 18.2. The Morgan fingerprint density at radius 2 is 1.78 bits per heavy atom. The van der Waals surface area contributed by atoms with E-state index in [1.54, 1.807) is 0 Å². The van der Waals surface area contributed by atoms with E-state index in [1.807, 2.05) is 54.6 Å². The zero-order valence-corrected chi connectivity index (χ0v) is 13.0. The van der Waals surface area contributed by atoms with E-state index in [4.69, 9.17) is 9.47 Å². The molecule has 0 saturated heterocycles. The zero-order valence-electron chi connectivity index (χ0n) is 13.0. The Hall–Kier alpha value is -2.55. The van der Waals surface area contributed by atoms with Crippen LogP contribution >= 0.6 is 0 Å². The highest BCUT2D eigenvalue weighted by Crippen LogP contribution is 2.23. The summed E-state index contributed by atoms with van der Waals surface area (Å²) in [5.74, 6) is 0. The summed E-state index contributed by atoms with van der Waals surface area (Å²) in [7, 11) is 0. The van der Waals surface area contributed by atoms with Gasteiger partial charge in [-0.05, 0) is 35.6 Å². The van der Waals surface area contributed by atoms with Gasteiger partial charge in [0, 0.05) is 6.42 Å². The van der Waals surface area contributed by atoms with Crippen LogP contribution in [-0.2, 0) is 22.3 Å². The molecule has 23 heavy (non-hydrogen) atoms. The van der Waals surface area contributed by atoms with Gasteiger partial charge in [-0.3, -0.25) is 0 Å². The Bertz CT molecular complexity index is 676. The second-order valence-corrected chi connectivity index (χ2v) is 5.63. The maximum absolute atomic E-state index is 11.8. The molecule has 1 aliphatic rings. The molecule has 2 aromatic carbocycles. The molecule has 0 N–H and O–H groups in total. The number of carbonyl (C=O) groups is 1. The highest BCUT2D eigenvalue weighted by molar-refractivity contribution is 5.60. The Morgan fingerprint density at radius 3 is 2.61 bits per heavy atom. The van der Waals surface area contributed by atoms with E-state index < -0.39 is 6.16 Å². The van der Waals surface area contributed by atoms with Gasteiger partial charge in [0.1, 0.15) is 12.7 Å². The van der Waals surface area contributed by atoms with E-state index in [0.29, 0.717) is 0 Å². The van der Waals surface area contributed by atoms with E-state index in [-0.39, 0.29) is 12.7 Å². The molecule has 118 valence electrons. The first-order valence-corrected chi connectivity index (χ1v) is 7.93. The monoisotopic (exact) mass is 308 g/mol. The third-order valence-corrected chi connectivity index (χ3v) is 3.97. The number of fused-ring (bicyclic) bond motifs is 1. The summed E-state index contributed by atoms with van der Waals surface area (Å²) in [5.41, 5.74) is 3.69. The molecule has 3 heteroatoms. The lowest BCUT2D eigenvalue weighted by Crippen LogP contribution is -2.25. The number of benzene rings is 2. The van der Waals surface area contributed by atoms with E-state index in [2.05, 4.69) is 12.1 Å². The van der Waals surface area contributed by atoms with Crippen LogP contribution in [0.25, 0.3) is 6.08 Å². The molecular formula is C20H20O3. The summed E-state index contributed by atoms with van der Waals surface area (Å²) in [6.07, 6.45) is 5.62. The molecule has 3 nitrogen and oxygen atoms in total. The van der Waals surface area contributed by atoms with Crippen LogP contribution in [0.3, 0.4) is 0 Å². The molecule has 1 atom stereocenters. The minimum atomic E-state index is -0.591. The van der Waals surface area contributed by atoms with Crippen LogP contribution < -0.4 is 0 Å². The van der Waals surface area contributed by atoms with E-state index in [1.165, 1.54) is 11.1 Å². The van der Waals surface area contributed by atoms with Crippen molar-refractivity contribution in [1.29, 1.82) is 0 Å². The van der Waals surface area contributed by atoms with Crippen molar-refractivity contribution in [3.8, 4) is 0 Å². The quantitative estimate of drug-likeness (QED) is 0.785. The molecule has 1 aliphatic carbocycles. The molecule has 0 aliphatic heterocycles. The van der Waals surface area contributed by atoms with Crippen LogP contribution in [0.1, 0.15) is 23.1 Å². The third-order valence-electron chi connectivity index (χ3n) is 3.97. The molecule has 0 spiro atoms. The van der Waals surface area contributed by atoms with E-state index in [0.717, 1.165) is 24.8 Å². The number of hydrogen-bond acceptors (Lipinski definition) is 3. The van der Waals surface area contributed by atoms with Crippen molar-refractivity contribution in [2.24, 2.45) is 0 Å². The van der Waals surface area contributed by atoms with Crippen LogP contribution in [0.2, 0.25) is 0 Å². The fourth-order valence-corrected chi connectivity index (χ4v) is 2.80. The Morgan fingerprint density at radius 1 is 1.04 bits per heavy atom. The van der Waals surface area contributed by atoms with Crippen molar-refractivity contribution in [2.45, 2.75) is 25.4 Å². The average Bonchev–Trinajstić information content (AvgIpc) is 2.59. The highest BCUT2D eigenvalue weighted by atomic mass is 16.7. The Balaban J connectivity index is 1.43. The minimum absolute atomic E-state index is 0.0875. The summed E-state index contributed by atoms with van der Waals surface area (Å²) in [6.45, 7) is 0.219. The number of aryl methyl sites for hydroxylation is 1. The summed E-state index contributed by atoms with van der Waals surface area (Å²) < 4.78 is 10.5. The number of ether oxygens (including phenoxy) is 2. The molecule has 0 heterocycles. The fraction of sp³-hybridized carbons (Fsp3) is 0.250. The smallest absolute Gasteiger partial charge is 0.431 e. The number of hydrogen-bond donors (Lipinski definition) is 0. The first-order chi connectivity index (χ1) is 11.3. The lowest BCUT2D eigenvalue weighted by molar-refractivity contribution is 0.0251. The molecule has 0 radical (unpaired) electrons. The normalized spacial score (nSPS) is 16.8. The van der Waals surface area contributed by atoms with Crippen LogP contribution in [0.5, 0.6) is 0 Å². The van der Waals surface area contributed by atoms with Crippen LogP contribution in [-0.4, -0.2) is 18.9 Å². The second-order valence-electron chi connectivity index (χ2n) is 5.63. The molecule has 2 aromatic rings. The van der Waals surface area contributed by atoms with Gasteiger partial charge in [-0.2, -0.15) is 0 Å². The van der Waals surface area contributed by atoms with Crippen molar-refractivity contribution in [3.63, 3.8) is 0 Å². The van der Waals surface area contributed by atoms with Gasteiger partial charge < -0.3 is 9.47 Å². The van der Waals surface area contributed by atoms with Crippen LogP contribution in [0, 0.1) is 0 Å². The van der Waals surface area contributed by atoms with Crippen molar-refractivity contribution in [2.75, 3.05) is 6.61 Å². The molecule has 0 aromatic heterocycles. The largest absolute Gasteiger partial charge is 0.508 e. The lowest BCUT2D eigenvalue weighted by atomic mass is 9.90. The summed E-state index contributed by atoms with van der Waals surface area (Å²) >= 11 is 0. The van der Waals surface area contributed by atoms with Gasteiger partial charge in [0.25, 0.3) is 0 Å². The van der Waals surface area contributed by atoms with Gasteiger partial charge in [0.2, 0.25) is 0 Å². The van der Waals surface area contributed by atoms with Crippen molar-refractivity contribution in [3.05, 3.63) is 77.4 Å². The van der Waals surface area contributed by atoms with Crippen LogP contribution in [0.15, 0.2) is 60.7 Å². The van der Waals surface area contributed by atoms with E-state index in [9.17, 15) is 4.79 Å². The average molecular weight is 308 g/mol. The van der Waals surface area contributed by atoms with Gasteiger partial charge in [-0.25, -0.2) is 4.79 Å². The molecule has 1 unspecified atom stereocenters. The zero-order chi connectivity index (χ0) is 15.9. The molecule has 0 amide bonds. The van der Waals surface area contributed by atoms with Gasteiger partial charge >= 0.3 is 6.16 Å². The lowest BCUT2D eigenvalue weighted by Gasteiger charge is -2.24. The predicted octanol–water partition coefficient (Wildman–Crippen LogP) is 4.41. The highest BCUT2D eigenvalue weighted by Gasteiger charge is 2.21. The molecule has 0 fully saturated rings. The molecule has 0 saturated carbocycles. The fourth-order valence-electron chi connectivity index (χ4n) is 2.80. The third kappa shape index (κ3) is 4.46. The number of carbonyl (C=O) groups excluding carboxylic acids is 1. The number of rotatable bonds is 4. The SMILES string of the molecule is O=C(OC/C=C/c1ccccc1)OC1CCc2ccccc2C1. The van der Waals surface area contributed by atoms with Gasteiger partial charge in [0.15, 0.2) is 0 Å². The second kappa shape index (κ2) is 7.63. The first-order valence-electron chi connectivity index (χ1n) is 7.93. The van der Waals surface area contributed by atoms with Crippen molar-refractivity contribution < 1.29 is 14.3 Å². The standard InChI is InChI=1S/C20H20O3/c21-20(22-14-6-9-16-7-2-1-3-8-16)23-19-13-12-17-10-4-5-11-18(17)15-19/h1-11,19H,12-15H2/b9-6+. The van der Waals surface area contributed by atoms with Crippen molar-refractivity contribution in [1.82, 2.24) is 0 Å². The first kappa shape index (κ1) is 15.3. The van der Waals surface area contributed by atoms with Gasteiger partial charge in [-0.15, -0.1) is 0 Å². The molecular weight excluding hydrogens is 288 g/mol.